The van der Waals surface area contributed by atoms with Gasteiger partial charge in [-0.1, -0.05) is 31.9 Å². The van der Waals surface area contributed by atoms with Crippen LogP contribution in [0.3, 0.4) is 0 Å². The third kappa shape index (κ3) is 7.72. The first-order valence-corrected chi connectivity index (χ1v) is 7.78. The summed E-state index contributed by atoms with van der Waals surface area (Å²) < 4.78 is 27.9. The molecule has 0 amide bonds. The summed E-state index contributed by atoms with van der Waals surface area (Å²) in [5, 5.41) is 0. The molecule has 4 nitrogen and oxygen atoms in total. The summed E-state index contributed by atoms with van der Waals surface area (Å²) in [6.07, 6.45) is 6.50. The van der Waals surface area contributed by atoms with Gasteiger partial charge in [0.2, 0.25) is 0 Å². The van der Waals surface area contributed by atoms with E-state index in [1.807, 2.05) is 19.1 Å². The monoisotopic (exact) mass is 264 g/mol. The number of phosphoric acid groups is 1. The Labute approximate surface area is 105 Å². The molecule has 0 fully saturated rings. The van der Waals surface area contributed by atoms with E-state index in [1.165, 1.54) is 0 Å². The van der Waals surface area contributed by atoms with E-state index < -0.39 is 7.82 Å². The van der Waals surface area contributed by atoms with Gasteiger partial charge in [-0.25, -0.2) is 4.57 Å². The Balaban J connectivity index is 4.49. The first kappa shape index (κ1) is 16.9. The van der Waals surface area contributed by atoms with Crippen molar-refractivity contribution < 1.29 is 18.1 Å². The molecule has 0 heterocycles. The van der Waals surface area contributed by atoms with Crippen molar-refractivity contribution in [3.63, 3.8) is 0 Å². The average Bonchev–Trinajstić information content (AvgIpc) is 2.26. The van der Waals surface area contributed by atoms with Gasteiger partial charge in [-0.2, -0.15) is 0 Å². The molecule has 0 saturated heterocycles. The summed E-state index contributed by atoms with van der Waals surface area (Å²) in [6.45, 7) is 8.19. The summed E-state index contributed by atoms with van der Waals surface area (Å²) in [5.41, 5.74) is 0. The van der Waals surface area contributed by atoms with Gasteiger partial charge in [0.1, 0.15) is 0 Å². The molecule has 0 unspecified atom stereocenters. The van der Waals surface area contributed by atoms with E-state index in [0.29, 0.717) is 13.2 Å². The molecule has 102 valence electrons. The van der Waals surface area contributed by atoms with Crippen molar-refractivity contribution >= 4 is 7.82 Å². The van der Waals surface area contributed by atoms with Gasteiger partial charge in [0.25, 0.3) is 0 Å². The predicted molar refractivity (Wildman–Crippen MR) is 70.1 cm³/mol. The molecule has 17 heavy (non-hydrogen) atoms. The van der Waals surface area contributed by atoms with Gasteiger partial charge >= 0.3 is 7.82 Å². The maximum Gasteiger partial charge on any atom is 0.475 e. The Bertz CT molecular complexity index is 243. The molecule has 0 aromatic carbocycles. The second-order valence-corrected chi connectivity index (χ2v) is 5.22. The summed E-state index contributed by atoms with van der Waals surface area (Å²) in [5.74, 6) is 0. The van der Waals surface area contributed by atoms with Crippen LogP contribution in [0.4, 0.5) is 0 Å². The summed E-state index contributed by atoms with van der Waals surface area (Å²) >= 11 is 0. The first-order chi connectivity index (χ1) is 8.11. The van der Waals surface area contributed by atoms with Crippen LogP contribution in [0.15, 0.2) is 12.2 Å². The number of hydrogen-bond donors (Lipinski definition) is 0. The molecule has 0 aliphatic heterocycles. The molecule has 0 radical (unpaired) electrons. The Hall–Kier alpha value is -0.150. The molecular formula is C12H25O4P. The van der Waals surface area contributed by atoms with Gasteiger partial charge in [0, 0.05) is 0 Å². The van der Waals surface area contributed by atoms with Crippen molar-refractivity contribution in [3.8, 4) is 0 Å². The zero-order chi connectivity index (χ0) is 13.1. The van der Waals surface area contributed by atoms with E-state index in [4.69, 9.17) is 13.6 Å². The van der Waals surface area contributed by atoms with Crippen molar-refractivity contribution in [1.29, 1.82) is 0 Å². The van der Waals surface area contributed by atoms with Crippen LogP contribution in [0.1, 0.15) is 47.0 Å². The second kappa shape index (κ2) is 9.84. The number of unbranched alkanes of at least 4 members (excludes halogenated alkanes) is 1. The van der Waals surface area contributed by atoms with Crippen LogP contribution in [0.2, 0.25) is 0 Å². The topological polar surface area (TPSA) is 44.8 Å². The highest BCUT2D eigenvalue weighted by Gasteiger charge is 2.28. The van der Waals surface area contributed by atoms with Crippen LogP contribution in [0.5, 0.6) is 0 Å². The fourth-order valence-electron chi connectivity index (χ4n) is 1.38. The van der Waals surface area contributed by atoms with E-state index in [1.54, 1.807) is 13.8 Å². The smallest absolute Gasteiger partial charge is 0.287 e. The largest absolute Gasteiger partial charge is 0.475 e. The number of rotatable bonds is 10. The number of hydrogen-bond acceptors (Lipinski definition) is 4. The van der Waals surface area contributed by atoms with Gasteiger partial charge in [-0.15, -0.1) is 0 Å². The van der Waals surface area contributed by atoms with Crippen LogP contribution in [0, 0.1) is 0 Å². The van der Waals surface area contributed by atoms with Gasteiger partial charge < -0.3 is 0 Å². The minimum atomic E-state index is -3.40. The fraction of sp³-hybridized carbons (Fsp3) is 0.833. The maximum atomic E-state index is 12.2. The Morgan fingerprint density at radius 1 is 1.18 bits per heavy atom. The predicted octanol–water partition coefficient (Wildman–Crippen LogP) is 4.32. The fourth-order valence-corrected chi connectivity index (χ4v) is 2.72. The number of phosphoric ester groups is 1. The summed E-state index contributed by atoms with van der Waals surface area (Å²) in [7, 11) is -3.40. The van der Waals surface area contributed by atoms with Gasteiger partial charge in [-0.3, -0.25) is 13.6 Å². The lowest BCUT2D eigenvalue weighted by atomic mass is 10.1. The quantitative estimate of drug-likeness (QED) is 0.435. The van der Waals surface area contributed by atoms with Crippen molar-refractivity contribution in [3.05, 3.63) is 12.2 Å². The zero-order valence-electron chi connectivity index (χ0n) is 11.3. The maximum absolute atomic E-state index is 12.2. The van der Waals surface area contributed by atoms with E-state index >= 15 is 0 Å². The molecule has 0 saturated carbocycles. The molecule has 0 aliphatic rings. The number of allylic oxidation sites excluding steroid dienone is 1. The molecule has 1 atom stereocenters. The van der Waals surface area contributed by atoms with Gasteiger partial charge in [0.15, 0.2) is 0 Å². The second-order valence-electron chi connectivity index (χ2n) is 3.59. The molecule has 0 aromatic heterocycles. The molecular weight excluding hydrogens is 239 g/mol. The van der Waals surface area contributed by atoms with Gasteiger partial charge in [-0.05, 0) is 27.2 Å². The van der Waals surface area contributed by atoms with Crippen molar-refractivity contribution in [1.82, 2.24) is 0 Å². The normalized spacial score (nSPS) is 14.4. The highest BCUT2D eigenvalue weighted by molar-refractivity contribution is 7.48. The SMILES string of the molecule is C/C=C\[C@H](CCCC)OP(=O)(OCC)OCC. The lowest BCUT2D eigenvalue weighted by Crippen LogP contribution is -2.11. The Morgan fingerprint density at radius 2 is 1.76 bits per heavy atom. The zero-order valence-corrected chi connectivity index (χ0v) is 12.2. The van der Waals surface area contributed by atoms with Crippen molar-refractivity contribution in [2.45, 2.75) is 53.1 Å². The van der Waals surface area contributed by atoms with E-state index in [9.17, 15) is 4.57 Å². The lowest BCUT2D eigenvalue weighted by molar-refractivity contribution is 0.0968. The minimum Gasteiger partial charge on any atom is -0.287 e. The Morgan fingerprint density at radius 3 is 2.18 bits per heavy atom. The molecule has 5 heteroatoms. The van der Waals surface area contributed by atoms with E-state index in [-0.39, 0.29) is 6.10 Å². The third-order valence-electron chi connectivity index (χ3n) is 2.09. The Kier molecular flexibility index (Phi) is 9.75. The van der Waals surface area contributed by atoms with Crippen LogP contribution < -0.4 is 0 Å². The van der Waals surface area contributed by atoms with E-state index in [0.717, 1.165) is 19.3 Å². The molecule has 0 bridgehead atoms. The van der Waals surface area contributed by atoms with Crippen LogP contribution in [-0.4, -0.2) is 19.3 Å². The average molecular weight is 264 g/mol. The van der Waals surface area contributed by atoms with E-state index in [2.05, 4.69) is 6.92 Å². The van der Waals surface area contributed by atoms with Gasteiger partial charge in [0.05, 0.1) is 19.3 Å². The first-order valence-electron chi connectivity index (χ1n) is 6.32. The third-order valence-corrected chi connectivity index (χ3v) is 3.77. The highest BCUT2D eigenvalue weighted by Crippen LogP contribution is 2.50. The van der Waals surface area contributed by atoms with Crippen LogP contribution >= 0.6 is 7.82 Å². The van der Waals surface area contributed by atoms with Crippen molar-refractivity contribution in [2.24, 2.45) is 0 Å². The van der Waals surface area contributed by atoms with Crippen LogP contribution in [-0.2, 0) is 18.1 Å². The molecule has 0 aliphatic carbocycles. The summed E-state index contributed by atoms with van der Waals surface area (Å²) in [6, 6.07) is 0. The molecule has 0 rings (SSSR count). The lowest BCUT2D eigenvalue weighted by Gasteiger charge is -2.21. The van der Waals surface area contributed by atoms with Crippen LogP contribution in [0.25, 0.3) is 0 Å². The highest BCUT2D eigenvalue weighted by atomic mass is 31.2. The minimum absolute atomic E-state index is 0.205. The molecule has 0 spiro atoms. The molecule has 0 aromatic rings. The standard InChI is InChI=1S/C12H25O4P/c1-5-9-11-12(10-6-2)16-17(13,14-7-3)15-8-4/h6,10,12H,5,7-9,11H2,1-4H3/b10-6-/t12-/m1/s1. The summed E-state index contributed by atoms with van der Waals surface area (Å²) in [4.78, 5) is 0. The van der Waals surface area contributed by atoms with Crippen molar-refractivity contribution in [2.75, 3.05) is 13.2 Å². The molecule has 0 N–H and O–H groups in total.